The van der Waals surface area contributed by atoms with E-state index in [4.69, 9.17) is 5.73 Å². The molecule has 0 aliphatic heterocycles. The van der Waals surface area contributed by atoms with Gasteiger partial charge in [-0.05, 0) is 18.1 Å². The molecular weight excluding hydrogens is 178 g/mol. The predicted molar refractivity (Wildman–Crippen MR) is 54.8 cm³/mol. The van der Waals surface area contributed by atoms with Gasteiger partial charge in [-0.3, -0.25) is 4.79 Å². The molecular formula is C11H15NO2. The Bertz CT molecular complexity index is 323. The monoisotopic (exact) mass is 193 g/mol. The van der Waals surface area contributed by atoms with E-state index < -0.39 is 0 Å². The van der Waals surface area contributed by atoms with E-state index in [1.807, 2.05) is 31.2 Å². The van der Waals surface area contributed by atoms with E-state index in [-0.39, 0.29) is 11.9 Å². The second-order valence-corrected chi connectivity index (χ2v) is 3.19. The number of benzene rings is 1. The van der Waals surface area contributed by atoms with Crippen LogP contribution in [0.1, 0.15) is 24.0 Å². The fraction of sp³-hybridized carbons (Fsp3) is 0.364. The summed E-state index contributed by atoms with van der Waals surface area (Å²) < 4.78 is 4.67. The maximum Gasteiger partial charge on any atom is 0.312 e. The molecule has 1 rings (SSSR count). The lowest BCUT2D eigenvalue weighted by atomic mass is 9.99. The van der Waals surface area contributed by atoms with Crippen LogP contribution in [0.15, 0.2) is 24.3 Å². The molecule has 76 valence electrons. The van der Waals surface area contributed by atoms with Crippen molar-refractivity contribution in [3.05, 3.63) is 35.4 Å². The number of carbonyl (C=O) groups is 1. The van der Waals surface area contributed by atoms with Crippen molar-refractivity contribution < 1.29 is 9.53 Å². The first-order valence-electron chi connectivity index (χ1n) is 4.55. The first kappa shape index (κ1) is 10.7. The second-order valence-electron chi connectivity index (χ2n) is 3.19. The molecule has 0 saturated heterocycles. The van der Waals surface area contributed by atoms with Gasteiger partial charge in [0.2, 0.25) is 0 Å². The molecule has 0 radical (unpaired) electrons. The first-order valence-corrected chi connectivity index (χ1v) is 4.55. The zero-order chi connectivity index (χ0) is 10.6. The molecule has 0 unspecified atom stereocenters. The minimum atomic E-state index is -0.230. The molecule has 0 aliphatic rings. The molecule has 1 aromatic rings. The highest BCUT2D eigenvalue weighted by Crippen LogP contribution is 2.17. The standard InChI is InChI=1S/C11H15NO2/c1-8(11(13)14-2)10-5-3-4-9(6-10)7-12/h3-6,8H,7,12H2,1-2H3/t8-/m1/s1. The zero-order valence-electron chi connectivity index (χ0n) is 8.49. The third kappa shape index (κ3) is 2.33. The lowest BCUT2D eigenvalue weighted by Gasteiger charge is -2.10. The molecule has 0 amide bonds. The van der Waals surface area contributed by atoms with Crippen LogP contribution in [0.2, 0.25) is 0 Å². The summed E-state index contributed by atoms with van der Waals surface area (Å²) in [5.74, 6) is -0.453. The van der Waals surface area contributed by atoms with Crippen molar-refractivity contribution in [2.24, 2.45) is 5.73 Å². The Hall–Kier alpha value is -1.35. The lowest BCUT2D eigenvalue weighted by Crippen LogP contribution is -2.11. The Morgan fingerprint density at radius 2 is 2.29 bits per heavy atom. The molecule has 3 heteroatoms. The molecule has 0 heterocycles. The zero-order valence-corrected chi connectivity index (χ0v) is 8.49. The van der Waals surface area contributed by atoms with E-state index in [2.05, 4.69) is 4.74 Å². The third-order valence-electron chi connectivity index (χ3n) is 2.24. The van der Waals surface area contributed by atoms with E-state index >= 15 is 0 Å². The average molecular weight is 193 g/mol. The molecule has 0 saturated carbocycles. The van der Waals surface area contributed by atoms with E-state index in [9.17, 15) is 4.79 Å². The van der Waals surface area contributed by atoms with Crippen molar-refractivity contribution >= 4 is 5.97 Å². The molecule has 0 fully saturated rings. The number of hydrogen-bond acceptors (Lipinski definition) is 3. The van der Waals surface area contributed by atoms with Crippen molar-refractivity contribution in [1.29, 1.82) is 0 Å². The SMILES string of the molecule is COC(=O)[C@H](C)c1cccc(CN)c1. The van der Waals surface area contributed by atoms with E-state index in [1.165, 1.54) is 7.11 Å². The molecule has 14 heavy (non-hydrogen) atoms. The van der Waals surface area contributed by atoms with Gasteiger partial charge >= 0.3 is 5.97 Å². The molecule has 3 nitrogen and oxygen atoms in total. The Labute approximate surface area is 83.9 Å². The summed E-state index contributed by atoms with van der Waals surface area (Å²) in [7, 11) is 1.39. The van der Waals surface area contributed by atoms with Crippen LogP contribution in [0.25, 0.3) is 0 Å². The van der Waals surface area contributed by atoms with E-state index in [0.717, 1.165) is 11.1 Å². The van der Waals surface area contributed by atoms with Gasteiger partial charge < -0.3 is 10.5 Å². The van der Waals surface area contributed by atoms with Gasteiger partial charge in [0.25, 0.3) is 0 Å². The summed E-state index contributed by atoms with van der Waals surface area (Å²) >= 11 is 0. The largest absolute Gasteiger partial charge is 0.469 e. The predicted octanol–water partition coefficient (Wildman–Crippen LogP) is 1.42. The van der Waals surface area contributed by atoms with Gasteiger partial charge in [-0.2, -0.15) is 0 Å². The van der Waals surface area contributed by atoms with E-state index in [1.54, 1.807) is 0 Å². The van der Waals surface area contributed by atoms with Gasteiger partial charge in [0.15, 0.2) is 0 Å². The number of methoxy groups -OCH3 is 1. The van der Waals surface area contributed by atoms with Gasteiger partial charge in [-0.1, -0.05) is 24.3 Å². The lowest BCUT2D eigenvalue weighted by molar-refractivity contribution is -0.141. The van der Waals surface area contributed by atoms with Crippen LogP contribution in [0.5, 0.6) is 0 Å². The molecule has 0 aliphatic carbocycles. The van der Waals surface area contributed by atoms with Crippen molar-refractivity contribution in [1.82, 2.24) is 0 Å². The van der Waals surface area contributed by atoms with Gasteiger partial charge in [-0.25, -0.2) is 0 Å². The van der Waals surface area contributed by atoms with Crippen LogP contribution in [-0.2, 0) is 16.1 Å². The number of hydrogen-bond donors (Lipinski definition) is 1. The first-order chi connectivity index (χ1) is 6.69. The number of carbonyl (C=O) groups excluding carboxylic acids is 1. The van der Waals surface area contributed by atoms with Crippen molar-refractivity contribution in [2.45, 2.75) is 19.4 Å². The number of rotatable bonds is 3. The highest BCUT2D eigenvalue weighted by atomic mass is 16.5. The average Bonchev–Trinajstić information content (AvgIpc) is 2.27. The highest BCUT2D eigenvalue weighted by Gasteiger charge is 2.15. The van der Waals surface area contributed by atoms with Crippen molar-refractivity contribution in [3.63, 3.8) is 0 Å². The van der Waals surface area contributed by atoms with Crippen LogP contribution >= 0.6 is 0 Å². The second kappa shape index (κ2) is 4.77. The fourth-order valence-corrected chi connectivity index (χ4v) is 1.30. The molecule has 2 N–H and O–H groups in total. The molecule has 0 aromatic heterocycles. The Morgan fingerprint density at radius 3 is 2.86 bits per heavy atom. The van der Waals surface area contributed by atoms with Crippen LogP contribution in [0, 0.1) is 0 Å². The summed E-state index contributed by atoms with van der Waals surface area (Å²) in [6, 6.07) is 7.67. The maximum absolute atomic E-state index is 11.3. The summed E-state index contributed by atoms with van der Waals surface area (Å²) in [6.07, 6.45) is 0. The summed E-state index contributed by atoms with van der Waals surface area (Å²) in [4.78, 5) is 11.3. The van der Waals surface area contributed by atoms with Crippen LogP contribution in [-0.4, -0.2) is 13.1 Å². The smallest absolute Gasteiger partial charge is 0.312 e. The topological polar surface area (TPSA) is 52.3 Å². The molecule has 0 spiro atoms. The van der Waals surface area contributed by atoms with E-state index in [0.29, 0.717) is 6.54 Å². The van der Waals surface area contributed by atoms with Crippen LogP contribution in [0.3, 0.4) is 0 Å². The highest BCUT2D eigenvalue weighted by molar-refractivity contribution is 5.77. The minimum Gasteiger partial charge on any atom is -0.469 e. The minimum absolute atomic E-state index is 0.223. The summed E-state index contributed by atoms with van der Waals surface area (Å²) in [5.41, 5.74) is 7.48. The third-order valence-corrected chi connectivity index (χ3v) is 2.24. The van der Waals surface area contributed by atoms with Gasteiger partial charge in [0.05, 0.1) is 13.0 Å². The quantitative estimate of drug-likeness (QED) is 0.739. The number of nitrogens with two attached hydrogens (primary N) is 1. The summed E-state index contributed by atoms with van der Waals surface area (Å²) in [6.45, 7) is 2.31. The number of esters is 1. The Kier molecular flexibility index (Phi) is 3.65. The van der Waals surface area contributed by atoms with Crippen molar-refractivity contribution in [2.75, 3.05) is 7.11 Å². The Morgan fingerprint density at radius 1 is 1.57 bits per heavy atom. The fourth-order valence-electron chi connectivity index (χ4n) is 1.30. The molecule has 1 aromatic carbocycles. The summed E-state index contributed by atoms with van der Waals surface area (Å²) in [5, 5.41) is 0. The Balaban J connectivity index is 2.89. The van der Waals surface area contributed by atoms with Gasteiger partial charge in [-0.15, -0.1) is 0 Å². The van der Waals surface area contributed by atoms with Crippen LogP contribution < -0.4 is 5.73 Å². The normalized spacial score (nSPS) is 12.2. The molecule has 0 bridgehead atoms. The van der Waals surface area contributed by atoms with Gasteiger partial charge in [0, 0.05) is 6.54 Å². The maximum atomic E-state index is 11.3. The van der Waals surface area contributed by atoms with Crippen LogP contribution in [0.4, 0.5) is 0 Å². The van der Waals surface area contributed by atoms with Gasteiger partial charge in [0.1, 0.15) is 0 Å². The number of ether oxygens (including phenoxy) is 1. The van der Waals surface area contributed by atoms with Crippen molar-refractivity contribution in [3.8, 4) is 0 Å². The molecule has 1 atom stereocenters.